The Hall–Kier alpha value is -1.03. The molecule has 0 fully saturated rings. The van der Waals surface area contributed by atoms with E-state index in [0.29, 0.717) is 13.0 Å². The number of rotatable bonds is 7. The fourth-order valence-corrected chi connectivity index (χ4v) is 3.65. The molecule has 9 heteroatoms. The van der Waals surface area contributed by atoms with E-state index in [2.05, 4.69) is 0 Å². The first-order chi connectivity index (χ1) is 9.60. The lowest BCUT2D eigenvalue weighted by Gasteiger charge is -2.17. The molecular weight excluding hydrogens is 321 g/mol. The zero-order valence-corrected chi connectivity index (χ0v) is 13.7. The van der Waals surface area contributed by atoms with Crippen LogP contribution in [0.25, 0.3) is 0 Å². The molecule has 0 spiro atoms. The van der Waals surface area contributed by atoms with Crippen LogP contribution in [0.2, 0.25) is 0 Å². The molecule has 0 saturated carbocycles. The molecule has 0 aromatic heterocycles. The van der Waals surface area contributed by atoms with Crippen molar-refractivity contribution in [1.29, 1.82) is 0 Å². The van der Waals surface area contributed by atoms with E-state index in [4.69, 9.17) is 4.74 Å². The Morgan fingerprint density at radius 1 is 1.24 bits per heavy atom. The van der Waals surface area contributed by atoms with Gasteiger partial charge in [0.05, 0.1) is 4.90 Å². The van der Waals surface area contributed by atoms with Crippen molar-refractivity contribution in [2.75, 3.05) is 33.6 Å². The van der Waals surface area contributed by atoms with Gasteiger partial charge < -0.3 is 4.74 Å². The molecule has 0 amide bonds. The highest BCUT2D eigenvalue weighted by Gasteiger charge is 2.26. The molecule has 21 heavy (non-hydrogen) atoms. The minimum absolute atomic E-state index is 0.138. The maximum absolute atomic E-state index is 13.8. The van der Waals surface area contributed by atoms with Crippen molar-refractivity contribution >= 4 is 19.9 Å². The van der Waals surface area contributed by atoms with Gasteiger partial charge in [-0.25, -0.2) is 25.5 Å². The monoisotopic (exact) mass is 339 g/mol. The average Bonchev–Trinajstić information content (AvgIpc) is 2.37. The topological polar surface area (TPSA) is 80.8 Å². The number of sulfone groups is 1. The third-order valence-corrected chi connectivity index (χ3v) is 5.82. The van der Waals surface area contributed by atoms with E-state index in [-0.39, 0.29) is 11.4 Å². The molecule has 0 aliphatic heterocycles. The van der Waals surface area contributed by atoms with Gasteiger partial charge in [-0.1, -0.05) is 0 Å². The second kappa shape index (κ2) is 6.82. The zero-order chi connectivity index (χ0) is 16.3. The first-order valence-electron chi connectivity index (χ1n) is 6.05. The Morgan fingerprint density at radius 3 is 2.38 bits per heavy atom. The summed E-state index contributed by atoms with van der Waals surface area (Å²) in [4.78, 5) is -0.891. The second-order valence-corrected chi connectivity index (χ2v) is 8.57. The van der Waals surface area contributed by atoms with Gasteiger partial charge in [0.1, 0.15) is 10.7 Å². The molecule has 0 atom stereocenters. The van der Waals surface area contributed by atoms with Gasteiger partial charge in [-0.05, 0) is 24.6 Å². The van der Waals surface area contributed by atoms with Gasteiger partial charge >= 0.3 is 0 Å². The highest BCUT2D eigenvalue weighted by molar-refractivity contribution is 7.91. The van der Waals surface area contributed by atoms with Crippen molar-refractivity contribution in [3.63, 3.8) is 0 Å². The third-order valence-electron chi connectivity index (χ3n) is 2.84. The number of sulfonamides is 1. The summed E-state index contributed by atoms with van der Waals surface area (Å²) < 4.78 is 67.0. The van der Waals surface area contributed by atoms with Crippen molar-refractivity contribution in [2.24, 2.45) is 0 Å². The Balaban J connectivity index is 3.19. The van der Waals surface area contributed by atoms with E-state index in [1.54, 1.807) is 0 Å². The minimum atomic E-state index is -4.09. The molecule has 0 bridgehead atoms. The van der Waals surface area contributed by atoms with E-state index < -0.39 is 30.6 Å². The molecule has 0 heterocycles. The number of halogens is 1. The normalized spacial score (nSPS) is 12.8. The number of ether oxygens (including phenoxy) is 1. The lowest BCUT2D eigenvalue weighted by molar-refractivity contribution is 0.189. The molecule has 1 rings (SSSR count). The van der Waals surface area contributed by atoms with Crippen molar-refractivity contribution in [3.05, 3.63) is 24.0 Å². The van der Waals surface area contributed by atoms with Crippen LogP contribution >= 0.6 is 0 Å². The Labute approximate surface area is 124 Å². The highest BCUT2D eigenvalue weighted by Crippen LogP contribution is 2.22. The van der Waals surface area contributed by atoms with Gasteiger partial charge in [0.2, 0.25) is 10.0 Å². The van der Waals surface area contributed by atoms with Crippen LogP contribution in [-0.4, -0.2) is 54.7 Å². The van der Waals surface area contributed by atoms with E-state index in [1.165, 1.54) is 14.2 Å². The van der Waals surface area contributed by atoms with Gasteiger partial charge in [-0.15, -0.1) is 0 Å². The molecule has 0 aliphatic carbocycles. The van der Waals surface area contributed by atoms with Crippen LogP contribution in [-0.2, 0) is 24.6 Å². The summed E-state index contributed by atoms with van der Waals surface area (Å²) >= 11 is 0. The fourth-order valence-electron chi connectivity index (χ4n) is 1.63. The van der Waals surface area contributed by atoms with Gasteiger partial charge in [0.25, 0.3) is 0 Å². The number of hydrogen-bond donors (Lipinski definition) is 0. The summed E-state index contributed by atoms with van der Waals surface area (Å²) in [6.07, 6.45) is 1.37. The molecule has 1 aromatic rings. The largest absolute Gasteiger partial charge is 0.385 e. The van der Waals surface area contributed by atoms with Crippen LogP contribution in [0, 0.1) is 5.82 Å². The molecular formula is C12H18FNO5S2. The standard InChI is InChI=1S/C12H18FNO5S2/c1-14(7-4-8-19-2)21(17,18)12-9-10(20(3,15)16)5-6-11(12)13/h5-6,9H,4,7-8H2,1-3H3. The summed E-state index contributed by atoms with van der Waals surface area (Å²) in [7, 11) is -4.92. The summed E-state index contributed by atoms with van der Waals surface area (Å²) in [6.45, 7) is 0.504. The van der Waals surface area contributed by atoms with Crippen LogP contribution in [0.15, 0.2) is 28.0 Å². The molecule has 0 N–H and O–H groups in total. The first-order valence-corrected chi connectivity index (χ1v) is 9.38. The maximum Gasteiger partial charge on any atom is 0.245 e. The summed E-state index contributed by atoms with van der Waals surface area (Å²) in [5.41, 5.74) is 0. The van der Waals surface area contributed by atoms with Crippen LogP contribution in [0.5, 0.6) is 0 Å². The molecule has 1 aromatic carbocycles. The van der Waals surface area contributed by atoms with E-state index in [9.17, 15) is 21.2 Å². The summed E-state index contributed by atoms with van der Waals surface area (Å²) in [5.74, 6) is -0.985. The molecule has 120 valence electrons. The first kappa shape index (κ1) is 18.0. The van der Waals surface area contributed by atoms with Crippen molar-refractivity contribution < 1.29 is 26.0 Å². The van der Waals surface area contributed by atoms with Crippen molar-refractivity contribution in [3.8, 4) is 0 Å². The number of methoxy groups -OCH3 is 1. The highest BCUT2D eigenvalue weighted by atomic mass is 32.2. The van der Waals surface area contributed by atoms with Crippen molar-refractivity contribution in [1.82, 2.24) is 4.31 Å². The molecule has 0 radical (unpaired) electrons. The number of benzene rings is 1. The Bertz CT molecular complexity index is 700. The van der Waals surface area contributed by atoms with Crippen LogP contribution < -0.4 is 0 Å². The quantitative estimate of drug-likeness (QED) is 0.544. The minimum Gasteiger partial charge on any atom is -0.385 e. The van der Waals surface area contributed by atoms with E-state index >= 15 is 0 Å². The molecule has 0 saturated heterocycles. The van der Waals surface area contributed by atoms with Crippen LogP contribution in [0.1, 0.15) is 6.42 Å². The third kappa shape index (κ3) is 4.47. The smallest absolute Gasteiger partial charge is 0.245 e. The fraction of sp³-hybridized carbons (Fsp3) is 0.500. The number of hydrogen-bond acceptors (Lipinski definition) is 5. The zero-order valence-electron chi connectivity index (χ0n) is 12.0. The predicted molar refractivity (Wildman–Crippen MR) is 75.8 cm³/mol. The van der Waals surface area contributed by atoms with Gasteiger partial charge in [-0.2, -0.15) is 0 Å². The van der Waals surface area contributed by atoms with E-state index in [0.717, 1.165) is 28.8 Å². The molecule has 0 unspecified atom stereocenters. The summed E-state index contributed by atoms with van der Waals surface area (Å²) in [5, 5.41) is 0. The second-order valence-electron chi connectivity index (χ2n) is 4.54. The number of nitrogens with zero attached hydrogens (tertiary/aromatic N) is 1. The lowest BCUT2D eigenvalue weighted by atomic mass is 10.3. The van der Waals surface area contributed by atoms with Crippen LogP contribution in [0.3, 0.4) is 0 Å². The average molecular weight is 339 g/mol. The van der Waals surface area contributed by atoms with Gasteiger partial charge in [0, 0.05) is 33.6 Å². The Morgan fingerprint density at radius 2 is 1.86 bits per heavy atom. The van der Waals surface area contributed by atoms with E-state index in [1.807, 2.05) is 0 Å². The predicted octanol–water partition coefficient (Wildman–Crippen LogP) is 0.886. The molecule has 0 aliphatic rings. The maximum atomic E-state index is 13.8. The van der Waals surface area contributed by atoms with Gasteiger partial charge in [-0.3, -0.25) is 0 Å². The lowest BCUT2D eigenvalue weighted by Crippen LogP contribution is -2.29. The van der Waals surface area contributed by atoms with Gasteiger partial charge in [0.15, 0.2) is 9.84 Å². The SMILES string of the molecule is COCCCN(C)S(=O)(=O)c1cc(S(C)(=O)=O)ccc1F. The van der Waals surface area contributed by atoms with Crippen molar-refractivity contribution in [2.45, 2.75) is 16.2 Å². The summed E-state index contributed by atoms with van der Waals surface area (Å²) in [6, 6.07) is 2.72. The Kier molecular flexibility index (Phi) is 5.85. The van der Waals surface area contributed by atoms with Crippen LogP contribution in [0.4, 0.5) is 4.39 Å². The molecule has 6 nitrogen and oxygen atoms in total.